The van der Waals surface area contributed by atoms with Crippen LogP contribution >= 0.6 is 23.1 Å². The average molecular weight is 343 g/mol. The lowest BCUT2D eigenvalue weighted by Gasteiger charge is -2.24. The van der Waals surface area contributed by atoms with Crippen molar-refractivity contribution in [3.63, 3.8) is 0 Å². The van der Waals surface area contributed by atoms with Crippen molar-refractivity contribution in [2.24, 2.45) is 4.99 Å². The Morgan fingerprint density at radius 2 is 2.14 bits per heavy atom. The first-order valence-electron chi connectivity index (χ1n) is 7.14. The van der Waals surface area contributed by atoms with Crippen molar-refractivity contribution in [2.75, 3.05) is 33.4 Å². The van der Waals surface area contributed by atoms with Crippen LogP contribution in [0.4, 0.5) is 0 Å². The summed E-state index contributed by atoms with van der Waals surface area (Å²) in [5.41, 5.74) is 0. The van der Waals surface area contributed by atoms with Gasteiger partial charge < -0.3 is 15.5 Å². The Morgan fingerprint density at radius 1 is 1.41 bits per heavy atom. The Kier molecular flexibility index (Phi) is 7.75. The van der Waals surface area contributed by atoms with Crippen LogP contribution in [0.25, 0.3) is 0 Å². The normalized spacial score (nSPS) is 12.1. The van der Waals surface area contributed by atoms with Gasteiger partial charge in [-0.15, -0.1) is 11.3 Å². The standard InChI is InChI=1S/C15H26N4OS2/c1-15(2,21-5)11-18-14(17-10-13(20)19(3)4)16-9-12-7-6-8-22-12/h6-8H,9-11H2,1-5H3,(H2,16,17,18). The molecule has 1 amide bonds. The molecule has 0 saturated carbocycles. The largest absolute Gasteiger partial charge is 0.355 e. The zero-order valence-electron chi connectivity index (χ0n) is 14.0. The van der Waals surface area contributed by atoms with Crippen molar-refractivity contribution < 1.29 is 4.79 Å². The van der Waals surface area contributed by atoms with Gasteiger partial charge in [0.05, 0.1) is 6.54 Å². The molecule has 5 nitrogen and oxygen atoms in total. The fraction of sp³-hybridized carbons (Fsp3) is 0.600. The van der Waals surface area contributed by atoms with Crippen LogP contribution in [0.15, 0.2) is 22.5 Å². The molecule has 0 saturated heterocycles. The molecule has 124 valence electrons. The zero-order valence-corrected chi connectivity index (χ0v) is 15.6. The predicted molar refractivity (Wildman–Crippen MR) is 97.8 cm³/mol. The van der Waals surface area contributed by atoms with Crippen LogP contribution in [0.1, 0.15) is 18.7 Å². The van der Waals surface area contributed by atoms with E-state index in [4.69, 9.17) is 0 Å². The zero-order chi connectivity index (χ0) is 16.6. The number of carbonyl (C=O) groups is 1. The lowest BCUT2D eigenvalue weighted by atomic mass is 10.2. The number of nitrogens with one attached hydrogen (secondary N) is 2. The molecular weight excluding hydrogens is 316 g/mol. The van der Waals surface area contributed by atoms with Crippen molar-refractivity contribution in [1.29, 1.82) is 0 Å². The van der Waals surface area contributed by atoms with Gasteiger partial charge in [-0.2, -0.15) is 11.8 Å². The summed E-state index contributed by atoms with van der Waals surface area (Å²) in [6.45, 7) is 5.98. The van der Waals surface area contributed by atoms with Gasteiger partial charge in [0.1, 0.15) is 6.54 Å². The van der Waals surface area contributed by atoms with Crippen molar-refractivity contribution in [1.82, 2.24) is 15.5 Å². The highest BCUT2D eigenvalue weighted by Crippen LogP contribution is 2.19. The maximum atomic E-state index is 11.7. The first-order valence-corrected chi connectivity index (χ1v) is 9.24. The molecule has 22 heavy (non-hydrogen) atoms. The Bertz CT molecular complexity index is 484. The Labute approximate surface area is 141 Å². The van der Waals surface area contributed by atoms with Crippen LogP contribution in [0, 0.1) is 0 Å². The van der Waals surface area contributed by atoms with E-state index in [9.17, 15) is 4.79 Å². The number of thiophene rings is 1. The molecule has 0 bridgehead atoms. The number of thioether (sulfide) groups is 1. The first kappa shape index (κ1) is 18.8. The highest BCUT2D eigenvalue weighted by Gasteiger charge is 2.16. The number of guanidine groups is 1. The molecule has 0 aliphatic heterocycles. The minimum absolute atomic E-state index is 0.0126. The van der Waals surface area contributed by atoms with Gasteiger partial charge in [-0.1, -0.05) is 6.07 Å². The van der Waals surface area contributed by atoms with E-state index < -0.39 is 0 Å². The van der Waals surface area contributed by atoms with Gasteiger partial charge in [-0.25, -0.2) is 4.99 Å². The van der Waals surface area contributed by atoms with Crippen LogP contribution in [0.5, 0.6) is 0 Å². The molecule has 2 N–H and O–H groups in total. The van der Waals surface area contributed by atoms with Crippen molar-refractivity contribution >= 4 is 35.0 Å². The molecule has 0 aromatic carbocycles. The number of carbonyl (C=O) groups excluding carboxylic acids is 1. The summed E-state index contributed by atoms with van der Waals surface area (Å²) in [4.78, 5) is 18.9. The first-order chi connectivity index (χ1) is 10.3. The van der Waals surface area contributed by atoms with E-state index in [2.05, 4.69) is 41.8 Å². The van der Waals surface area contributed by atoms with Gasteiger partial charge in [0, 0.05) is 30.3 Å². The van der Waals surface area contributed by atoms with E-state index in [1.54, 1.807) is 42.1 Å². The SMILES string of the molecule is CSC(C)(C)CNC(=NCC(=O)N(C)C)NCc1cccs1. The molecule has 0 radical (unpaired) electrons. The molecule has 7 heteroatoms. The molecule has 0 fully saturated rings. The summed E-state index contributed by atoms with van der Waals surface area (Å²) in [5.74, 6) is 0.659. The van der Waals surface area contributed by atoms with Gasteiger partial charge >= 0.3 is 0 Å². The van der Waals surface area contributed by atoms with Crippen LogP contribution in [0.2, 0.25) is 0 Å². The van der Waals surface area contributed by atoms with Gasteiger partial charge in [0.2, 0.25) is 5.91 Å². The molecule has 1 aromatic rings. The summed E-state index contributed by atoms with van der Waals surface area (Å²) >= 11 is 3.49. The van der Waals surface area contributed by atoms with Gasteiger partial charge in [-0.05, 0) is 31.5 Å². The second-order valence-corrected chi connectivity index (χ2v) is 8.25. The average Bonchev–Trinajstić information content (AvgIpc) is 2.99. The minimum atomic E-state index is -0.0126. The second kappa shape index (κ2) is 9.05. The summed E-state index contributed by atoms with van der Waals surface area (Å²) < 4.78 is 0.108. The smallest absolute Gasteiger partial charge is 0.243 e. The summed E-state index contributed by atoms with van der Waals surface area (Å²) in [5, 5.41) is 8.65. The summed E-state index contributed by atoms with van der Waals surface area (Å²) in [7, 11) is 3.47. The third-order valence-corrected chi connectivity index (χ3v) is 5.24. The van der Waals surface area contributed by atoms with E-state index in [0.717, 1.165) is 6.54 Å². The molecule has 0 unspecified atom stereocenters. The quantitative estimate of drug-likeness (QED) is 0.588. The topological polar surface area (TPSA) is 56.7 Å². The van der Waals surface area contributed by atoms with E-state index in [1.165, 1.54) is 4.88 Å². The van der Waals surface area contributed by atoms with Crippen molar-refractivity contribution in [3.05, 3.63) is 22.4 Å². The van der Waals surface area contributed by atoms with E-state index in [0.29, 0.717) is 12.5 Å². The molecule has 0 aliphatic rings. The Morgan fingerprint density at radius 3 is 2.68 bits per heavy atom. The van der Waals surface area contributed by atoms with Gasteiger partial charge in [0.15, 0.2) is 5.96 Å². The molecule has 0 atom stereocenters. The fourth-order valence-electron chi connectivity index (χ4n) is 1.42. The molecular formula is C15H26N4OS2. The van der Waals surface area contributed by atoms with Gasteiger partial charge in [0.25, 0.3) is 0 Å². The number of amides is 1. The van der Waals surface area contributed by atoms with Crippen molar-refractivity contribution in [3.8, 4) is 0 Å². The van der Waals surface area contributed by atoms with Gasteiger partial charge in [-0.3, -0.25) is 4.79 Å². The lowest BCUT2D eigenvalue weighted by molar-refractivity contribution is -0.127. The van der Waals surface area contributed by atoms with Crippen LogP contribution < -0.4 is 10.6 Å². The van der Waals surface area contributed by atoms with E-state index >= 15 is 0 Å². The summed E-state index contributed by atoms with van der Waals surface area (Å²) in [6, 6.07) is 4.10. The number of nitrogens with zero attached hydrogens (tertiary/aromatic N) is 2. The predicted octanol–water partition coefficient (Wildman–Crippen LogP) is 2.01. The third kappa shape index (κ3) is 7.17. The maximum absolute atomic E-state index is 11.7. The Balaban J connectivity index is 2.62. The lowest BCUT2D eigenvalue weighted by Crippen LogP contribution is -2.43. The summed E-state index contributed by atoms with van der Waals surface area (Å²) in [6.07, 6.45) is 2.09. The van der Waals surface area contributed by atoms with E-state index in [1.807, 2.05) is 11.4 Å². The minimum Gasteiger partial charge on any atom is -0.355 e. The fourth-order valence-corrected chi connectivity index (χ4v) is 2.28. The second-order valence-electron chi connectivity index (χ2n) is 5.70. The molecule has 0 spiro atoms. The van der Waals surface area contributed by atoms with Crippen LogP contribution in [-0.2, 0) is 11.3 Å². The number of hydrogen-bond donors (Lipinski definition) is 2. The molecule has 1 heterocycles. The number of hydrogen-bond acceptors (Lipinski definition) is 4. The molecule has 1 rings (SSSR count). The number of rotatable bonds is 7. The highest BCUT2D eigenvalue weighted by atomic mass is 32.2. The number of aliphatic imine (C=N–C) groups is 1. The highest BCUT2D eigenvalue weighted by molar-refractivity contribution is 7.99. The Hall–Kier alpha value is -1.21. The van der Waals surface area contributed by atoms with Crippen molar-refractivity contribution in [2.45, 2.75) is 25.1 Å². The molecule has 1 aromatic heterocycles. The van der Waals surface area contributed by atoms with E-state index in [-0.39, 0.29) is 17.2 Å². The number of likely N-dealkylation sites (N-methyl/N-ethyl adjacent to an activating group) is 1. The molecule has 0 aliphatic carbocycles. The van der Waals surface area contributed by atoms with Crippen LogP contribution in [-0.4, -0.2) is 55.0 Å². The van der Waals surface area contributed by atoms with Crippen LogP contribution in [0.3, 0.4) is 0 Å². The third-order valence-electron chi connectivity index (χ3n) is 3.12. The maximum Gasteiger partial charge on any atom is 0.243 e. The monoisotopic (exact) mass is 342 g/mol.